The SMILES string of the molecule is CCCNc1ccncc1S(=O)(=O)NC(C)C1CCCO1. The van der Waals surface area contributed by atoms with Gasteiger partial charge in [0.1, 0.15) is 4.90 Å². The number of nitrogens with zero attached hydrogens (tertiary/aromatic N) is 1. The highest BCUT2D eigenvalue weighted by atomic mass is 32.2. The molecule has 2 heterocycles. The largest absolute Gasteiger partial charge is 0.384 e. The molecule has 1 aliphatic rings. The Morgan fingerprint density at radius 1 is 1.52 bits per heavy atom. The number of ether oxygens (including phenoxy) is 1. The summed E-state index contributed by atoms with van der Waals surface area (Å²) in [6, 6.07) is 1.43. The lowest BCUT2D eigenvalue weighted by atomic mass is 10.1. The van der Waals surface area contributed by atoms with Gasteiger partial charge in [-0.05, 0) is 32.3 Å². The number of rotatable bonds is 7. The number of aromatic nitrogens is 1. The van der Waals surface area contributed by atoms with Gasteiger partial charge in [0.05, 0.1) is 11.8 Å². The van der Waals surface area contributed by atoms with E-state index >= 15 is 0 Å². The molecule has 6 nitrogen and oxygen atoms in total. The standard InChI is InChI=1S/C14H23N3O3S/c1-3-7-16-12-6-8-15-10-14(12)21(18,19)17-11(2)13-5-4-9-20-13/h6,8,10-11,13,17H,3-5,7,9H2,1-2H3,(H,15,16). The zero-order valence-corrected chi connectivity index (χ0v) is 13.3. The highest BCUT2D eigenvalue weighted by molar-refractivity contribution is 7.89. The van der Waals surface area contributed by atoms with Gasteiger partial charge in [0.25, 0.3) is 0 Å². The van der Waals surface area contributed by atoms with Crippen LogP contribution < -0.4 is 10.0 Å². The molecule has 0 spiro atoms. The number of hydrogen-bond donors (Lipinski definition) is 2. The molecule has 1 fully saturated rings. The third-order valence-corrected chi connectivity index (χ3v) is 5.09. The van der Waals surface area contributed by atoms with Crippen LogP contribution in [0, 0.1) is 0 Å². The molecular weight excluding hydrogens is 290 g/mol. The van der Waals surface area contributed by atoms with E-state index in [1.807, 2.05) is 13.8 Å². The zero-order chi connectivity index (χ0) is 15.3. The third-order valence-electron chi connectivity index (χ3n) is 3.50. The van der Waals surface area contributed by atoms with Gasteiger partial charge in [-0.2, -0.15) is 0 Å². The molecule has 1 saturated heterocycles. The molecule has 0 amide bonds. The van der Waals surface area contributed by atoms with Crippen molar-refractivity contribution < 1.29 is 13.2 Å². The number of hydrogen-bond acceptors (Lipinski definition) is 5. The average Bonchev–Trinajstić information content (AvgIpc) is 2.99. The molecule has 2 unspecified atom stereocenters. The first-order valence-corrected chi connectivity index (χ1v) is 8.84. The molecule has 1 aromatic heterocycles. The lowest BCUT2D eigenvalue weighted by molar-refractivity contribution is 0.0902. The second-order valence-corrected chi connectivity index (χ2v) is 6.94. The van der Waals surface area contributed by atoms with E-state index in [9.17, 15) is 8.42 Å². The van der Waals surface area contributed by atoms with Crippen molar-refractivity contribution in [3.05, 3.63) is 18.5 Å². The topological polar surface area (TPSA) is 80.3 Å². The molecule has 118 valence electrons. The van der Waals surface area contributed by atoms with E-state index in [1.54, 1.807) is 12.3 Å². The monoisotopic (exact) mass is 313 g/mol. The van der Waals surface area contributed by atoms with E-state index in [0.29, 0.717) is 18.8 Å². The predicted molar refractivity (Wildman–Crippen MR) is 81.8 cm³/mol. The molecule has 7 heteroatoms. The molecule has 1 aliphatic heterocycles. The van der Waals surface area contributed by atoms with Crippen LogP contribution in [-0.2, 0) is 14.8 Å². The zero-order valence-electron chi connectivity index (χ0n) is 12.5. The maximum atomic E-state index is 12.5. The van der Waals surface area contributed by atoms with E-state index in [0.717, 1.165) is 19.3 Å². The van der Waals surface area contributed by atoms with Gasteiger partial charge in [0.2, 0.25) is 10.0 Å². The molecular formula is C14H23N3O3S. The molecule has 0 radical (unpaired) electrons. The summed E-state index contributed by atoms with van der Waals surface area (Å²) >= 11 is 0. The van der Waals surface area contributed by atoms with Crippen molar-refractivity contribution in [3.63, 3.8) is 0 Å². The summed E-state index contributed by atoms with van der Waals surface area (Å²) in [6.45, 7) is 5.28. The normalized spacial score (nSPS) is 20.4. The van der Waals surface area contributed by atoms with Gasteiger partial charge >= 0.3 is 0 Å². The first-order valence-electron chi connectivity index (χ1n) is 7.36. The maximum Gasteiger partial charge on any atom is 0.244 e. The van der Waals surface area contributed by atoms with Crippen molar-refractivity contribution >= 4 is 15.7 Å². The molecule has 0 aliphatic carbocycles. The summed E-state index contributed by atoms with van der Waals surface area (Å²) in [4.78, 5) is 4.12. The summed E-state index contributed by atoms with van der Waals surface area (Å²) in [5, 5.41) is 3.12. The lowest BCUT2D eigenvalue weighted by Gasteiger charge is -2.21. The highest BCUT2D eigenvalue weighted by Gasteiger charge is 2.28. The minimum atomic E-state index is -3.61. The van der Waals surface area contributed by atoms with Crippen LogP contribution in [0.1, 0.15) is 33.1 Å². The summed E-state index contributed by atoms with van der Waals surface area (Å²) < 4.78 is 33.3. The first-order chi connectivity index (χ1) is 10.0. The fourth-order valence-corrected chi connectivity index (χ4v) is 3.78. The van der Waals surface area contributed by atoms with Crippen LogP contribution in [0.25, 0.3) is 0 Å². The fraction of sp³-hybridized carbons (Fsp3) is 0.643. The summed E-state index contributed by atoms with van der Waals surface area (Å²) in [5.74, 6) is 0. The van der Waals surface area contributed by atoms with Crippen LogP contribution in [0.2, 0.25) is 0 Å². The van der Waals surface area contributed by atoms with Crippen molar-refractivity contribution in [1.29, 1.82) is 0 Å². The van der Waals surface area contributed by atoms with Gasteiger partial charge in [-0.1, -0.05) is 6.92 Å². The van der Waals surface area contributed by atoms with Crippen LogP contribution in [-0.4, -0.2) is 38.7 Å². The van der Waals surface area contributed by atoms with Crippen LogP contribution in [0.15, 0.2) is 23.4 Å². The van der Waals surface area contributed by atoms with Gasteiger partial charge in [-0.3, -0.25) is 4.98 Å². The molecule has 0 bridgehead atoms. The van der Waals surface area contributed by atoms with Gasteiger partial charge in [-0.25, -0.2) is 13.1 Å². The van der Waals surface area contributed by atoms with Gasteiger partial charge < -0.3 is 10.1 Å². The Bertz CT molecular complexity index is 556. The molecule has 2 atom stereocenters. The fourth-order valence-electron chi connectivity index (χ4n) is 2.38. The Morgan fingerprint density at radius 3 is 3.00 bits per heavy atom. The minimum Gasteiger partial charge on any atom is -0.384 e. The van der Waals surface area contributed by atoms with Gasteiger partial charge in [-0.15, -0.1) is 0 Å². The van der Waals surface area contributed by atoms with Crippen molar-refractivity contribution in [2.75, 3.05) is 18.5 Å². The van der Waals surface area contributed by atoms with Crippen LogP contribution in [0.5, 0.6) is 0 Å². The van der Waals surface area contributed by atoms with Crippen molar-refractivity contribution in [2.24, 2.45) is 0 Å². The number of nitrogens with one attached hydrogen (secondary N) is 2. The Labute approximate surface area is 126 Å². The second-order valence-electron chi connectivity index (χ2n) is 5.26. The van der Waals surface area contributed by atoms with E-state index in [4.69, 9.17) is 4.74 Å². The third kappa shape index (κ3) is 4.15. The Hall–Kier alpha value is -1.18. The summed E-state index contributed by atoms with van der Waals surface area (Å²) in [6.07, 6.45) is 5.69. The Kier molecular flexibility index (Phi) is 5.55. The number of sulfonamides is 1. The van der Waals surface area contributed by atoms with E-state index in [-0.39, 0.29) is 17.0 Å². The van der Waals surface area contributed by atoms with Crippen molar-refractivity contribution in [2.45, 2.75) is 50.2 Å². The summed E-state index contributed by atoms with van der Waals surface area (Å²) in [7, 11) is -3.61. The average molecular weight is 313 g/mol. The molecule has 2 rings (SSSR count). The van der Waals surface area contributed by atoms with Gasteiger partial charge in [0, 0.05) is 31.6 Å². The van der Waals surface area contributed by atoms with Crippen molar-refractivity contribution in [1.82, 2.24) is 9.71 Å². The number of pyridine rings is 1. The quantitative estimate of drug-likeness (QED) is 0.801. The van der Waals surface area contributed by atoms with Gasteiger partial charge in [0.15, 0.2) is 0 Å². The Balaban J connectivity index is 2.14. The van der Waals surface area contributed by atoms with E-state index < -0.39 is 10.0 Å². The summed E-state index contributed by atoms with van der Waals surface area (Å²) in [5.41, 5.74) is 0.582. The predicted octanol–water partition coefficient (Wildman–Crippen LogP) is 1.75. The molecule has 0 saturated carbocycles. The lowest BCUT2D eigenvalue weighted by Crippen LogP contribution is -2.41. The molecule has 0 aromatic carbocycles. The van der Waals surface area contributed by atoms with Crippen molar-refractivity contribution in [3.8, 4) is 0 Å². The Morgan fingerprint density at radius 2 is 2.33 bits per heavy atom. The van der Waals surface area contributed by atoms with E-state index in [1.165, 1.54) is 6.20 Å². The smallest absolute Gasteiger partial charge is 0.244 e. The molecule has 2 N–H and O–H groups in total. The highest BCUT2D eigenvalue weighted by Crippen LogP contribution is 2.22. The van der Waals surface area contributed by atoms with Crippen LogP contribution in [0.3, 0.4) is 0 Å². The first kappa shape index (κ1) is 16.2. The maximum absolute atomic E-state index is 12.5. The van der Waals surface area contributed by atoms with Crippen LogP contribution in [0.4, 0.5) is 5.69 Å². The number of anilines is 1. The molecule has 1 aromatic rings. The minimum absolute atomic E-state index is 0.0523. The van der Waals surface area contributed by atoms with E-state index in [2.05, 4.69) is 15.0 Å². The van der Waals surface area contributed by atoms with Crippen LogP contribution >= 0.6 is 0 Å². The second kappa shape index (κ2) is 7.20. The molecule has 21 heavy (non-hydrogen) atoms.